The van der Waals surface area contributed by atoms with Gasteiger partial charge in [-0.2, -0.15) is 0 Å². The number of rotatable bonds is 4. The summed E-state index contributed by atoms with van der Waals surface area (Å²) in [5.41, 5.74) is 6.70. The molecule has 4 nitrogen and oxygen atoms in total. The zero-order valence-electron chi connectivity index (χ0n) is 14.7. The van der Waals surface area contributed by atoms with Gasteiger partial charge in [0.1, 0.15) is 0 Å². The molecule has 0 saturated heterocycles. The van der Waals surface area contributed by atoms with Crippen LogP contribution in [0.2, 0.25) is 0 Å². The SMILES string of the molecule is c1ccc(Cn2cncc2CN2CCc3[nH]c4ccccc4c3C2)cc1. The van der Waals surface area contributed by atoms with E-state index < -0.39 is 0 Å². The van der Waals surface area contributed by atoms with E-state index in [9.17, 15) is 0 Å². The van der Waals surface area contributed by atoms with E-state index in [1.165, 1.54) is 33.4 Å². The molecule has 0 atom stereocenters. The maximum Gasteiger partial charge on any atom is 0.0951 e. The second-order valence-corrected chi connectivity index (χ2v) is 7.09. The van der Waals surface area contributed by atoms with E-state index in [-0.39, 0.29) is 0 Å². The molecule has 1 N–H and O–H groups in total. The molecule has 26 heavy (non-hydrogen) atoms. The molecule has 0 spiro atoms. The monoisotopic (exact) mass is 342 g/mol. The topological polar surface area (TPSA) is 36.9 Å². The van der Waals surface area contributed by atoms with Gasteiger partial charge in [0.05, 0.1) is 12.0 Å². The molecule has 4 aromatic rings. The van der Waals surface area contributed by atoms with E-state index in [1.807, 2.05) is 12.5 Å². The van der Waals surface area contributed by atoms with Gasteiger partial charge in [-0.1, -0.05) is 48.5 Å². The third kappa shape index (κ3) is 2.82. The number of hydrogen-bond donors (Lipinski definition) is 1. The lowest BCUT2D eigenvalue weighted by atomic mass is 10.0. The first kappa shape index (κ1) is 15.4. The van der Waals surface area contributed by atoms with E-state index in [4.69, 9.17) is 0 Å². The Labute approximate surface area is 153 Å². The molecule has 0 bridgehead atoms. The third-order valence-corrected chi connectivity index (χ3v) is 5.34. The molecule has 0 radical (unpaired) electrons. The van der Waals surface area contributed by atoms with E-state index in [2.05, 4.69) is 74.0 Å². The summed E-state index contributed by atoms with van der Waals surface area (Å²) in [5, 5.41) is 1.37. The molecule has 0 saturated carbocycles. The number of imidazole rings is 1. The van der Waals surface area contributed by atoms with Crippen LogP contribution in [0.1, 0.15) is 22.5 Å². The second-order valence-electron chi connectivity index (χ2n) is 7.09. The van der Waals surface area contributed by atoms with Crippen molar-refractivity contribution in [2.24, 2.45) is 0 Å². The van der Waals surface area contributed by atoms with Gasteiger partial charge in [-0.05, 0) is 17.2 Å². The van der Waals surface area contributed by atoms with Crippen LogP contribution in [-0.4, -0.2) is 26.0 Å². The zero-order valence-corrected chi connectivity index (χ0v) is 14.7. The molecule has 130 valence electrons. The Morgan fingerprint density at radius 2 is 1.81 bits per heavy atom. The molecule has 5 rings (SSSR count). The van der Waals surface area contributed by atoms with Crippen molar-refractivity contribution in [3.8, 4) is 0 Å². The highest BCUT2D eigenvalue weighted by molar-refractivity contribution is 5.84. The Kier molecular flexibility index (Phi) is 3.83. The highest BCUT2D eigenvalue weighted by Gasteiger charge is 2.21. The number of hydrogen-bond acceptors (Lipinski definition) is 2. The van der Waals surface area contributed by atoms with Crippen LogP contribution >= 0.6 is 0 Å². The van der Waals surface area contributed by atoms with E-state index >= 15 is 0 Å². The lowest BCUT2D eigenvalue weighted by molar-refractivity contribution is 0.240. The van der Waals surface area contributed by atoms with Crippen molar-refractivity contribution >= 4 is 10.9 Å². The van der Waals surface area contributed by atoms with Crippen LogP contribution in [-0.2, 0) is 26.1 Å². The van der Waals surface area contributed by atoms with Gasteiger partial charge in [-0.25, -0.2) is 4.98 Å². The van der Waals surface area contributed by atoms with Gasteiger partial charge < -0.3 is 9.55 Å². The van der Waals surface area contributed by atoms with Crippen molar-refractivity contribution < 1.29 is 0 Å². The fourth-order valence-electron chi connectivity index (χ4n) is 3.99. The van der Waals surface area contributed by atoms with Crippen LogP contribution in [0.3, 0.4) is 0 Å². The summed E-state index contributed by atoms with van der Waals surface area (Å²) < 4.78 is 2.26. The number of benzene rings is 2. The number of fused-ring (bicyclic) bond motifs is 3. The molecule has 2 aromatic carbocycles. The van der Waals surface area contributed by atoms with Crippen molar-refractivity contribution in [2.75, 3.05) is 6.54 Å². The molecular weight excluding hydrogens is 320 g/mol. The number of aromatic amines is 1. The van der Waals surface area contributed by atoms with E-state index in [1.54, 1.807) is 0 Å². The fraction of sp³-hybridized carbons (Fsp3) is 0.227. The molecule has 2 aromatic heterocycles. The first-order valence-corrected chi connectivity index (χ1v) is 9.20. The van der Waals surface area contributed by atoms with Crippen molar-refractivity contribution in [3.05, 3.63) is 89.6 Å². The number of aromatic nitrogens is 3. The largest absolute Gasteiger partial charge is 0.358 e. The molecule has 0 unspecified atom stereocenters. The summed E-state index contributed by atoms with van der Waals surface area (Å²) in [6.07, 6.45) is 5.04. The Balaban J connectivity index is 1.36. The van der Waals surface area contributed by atoms with Gasteiger partial charge in [0, 0.05) is 55.4 Å². The average Bonchev–Trinajstić information content (AvgIpc) is 3.27. The van der Waals surface area contributed by atoms with Crippen molar-refractivity contribution in [1.82, 2.24) is 19.4 Å². The van der Waals surface area contributed by atoms with Crippen LogP contribution in [0.15, 0.2) is 67.1 Å². The van der Waals surface area contributed by atoms with E-state index in [0.29, 0.717) is 0 Å². The number of nitrogens with one attached hydrogen (secondary N) is 1. The Morgan fingerprint density at radius 1 is 0.962 bits per heavy atom. The zero-order chi connectivity index (χ0) is 17.3. The summed E-state index contributed by atoms with van der Waals surface area (Å²) in [5.74, 6) is 0. The van der Waals surface area contributed by atoms with Gasteiger partial charge >= 0.3 is 0 Å². The van der Waals surface area contributed by atoms with Crippen LogP contribution in [0.25, 0.3) is 10.9 Å². The Bertz CT molecular complexity index is 1030. The summed E-state index contributed by atoms with van der Waals surface area (Å²) in [7, 11) is 0. The van der Waals surface area contributed by atoms with Gasteiger partial charge in [0.2, 0.25) is 0 Å². The predicted molar refractivity (Wildman–Crippen MR) is 104 cm³/mol. The van der Waals surface area contributed by atoms with Crippen molar-refractivity contribution in [3.63, 3.8) is 0 Å². The number of H-pyrrole nitrogens is 1. The first-order valence-electron chi connectivity index (χ1n) is 9.20. The maximum atomic E-state index is 4.40. The molecule has 0 amide bonds. The fourth-order valence-corrected chi connectivity index (χ4v) is 3.99. The summed E-state index contributed by atoms with van der Waals surface area (Å²) in [6.45, 7) is 3.89. The third-order valence-electron chi connectivity index (χ3n) is 5.34. The van der Waals surface area contributed by atoms with Crippen LogP contribution in [0.4, 0.5) is 0 Å². The van der Waals surface area contributed by atoms with Crippen molar-refractivity contribution in [2.45, 2.75) is 26.1 Å². The summed E-state index contributed by atoms with van der Waals surface area (Å²) >= 11 is 0. The molecular formula is C22H22N4. The molecule has 3 heterocycles. The molecule has 0 aliphatic carbocycles. The van der Waals surface area contributed by atoms with Gasteiger partial charge in [0.25, 0.3) is 0 Å². The minimum atomic E-state index is 0.877. The summed E-state index contributed by atoms with van der Waals surface area (Å²) in [6, 6.07) is 19.2. The smallest absolute Gasteiger partial charge is 0.0951 e. The van der Waals surface area contributed by atoms with Gasteiger partial charge in [-0.15, -0.1) is 0 Å². The average molecular weight is 342 g/mol. The first-order chi connectivity index (χ1) is 12.9. The van der Waals surface area contributed by atoms with Crippen LogP contribution in [0, 0.1) is 0 Å². The number of para-hydroxylation sites is 1. The summed E-state index contributed by atoms with van der Waals surface area (Å²) in [4.78, 5) is 10.5. The Morgan fingerprint density at radius 3 is 2.73 bits per heavy atom. The lowest BCUT2D eigenvalue weighted by Gasteiger charge is -2.27. The molecule has 1 aliphatic heterocycles. The van der Waals surface area contributed by atoms with E-state index in [0.717, 1.165) is 32.6 Å². The maximum absolute atomic E-state index is 4.40. The van der Waals surface area contributed by atoms with Gasteiger partial charge in [0.15, 0.2) is 0 Å². The molecule has 4 heteroatoms. The standard InChI is InChI=1S/C22H22N4/c1-2-6-17(7-3-1)13-26-16-23-12-18(26)14-25-11-10-22-20(15-25)19-8-4-5-9-21(19)24-22/h1-9,12,16,24H,10-11,13-15H2. The van der Waals surface area contributed by atoms with Crippen LogP contribution in [0.5, 0.6) is 0 Å². The minimum absolute atomic E-state index is 0.877. The molecule has 0 fully saturated rings. The normalized spacial score (nSPS) is 14.6. The second kappa shape index (κ2) is 6.46. The quantitative estimate of drug-likeness (QED) is 0.609. The minimum Gasteiger partial charge on any atom is -0.358 e. The highest BCUT2D eigenvalue weighted by Crippen LogP contribution is 2.28. The lowest BCUT2D eigenvalue weighted by Crippen LogP contribution is -2.30. The van der Waals surface area contributed by atoms with Crippen molar-refractivity contribution in [1.29, 1.82) is 0 Å². The molecule has 1 aliphatic rings. The Hall–Kier alpha value is -2.85. The van der Waals surface area contributed by atoms with Crippen LogP contribution < -0.4 is 0 Å². The predicted octanol–water partition coefficient (Wildman–Crippen LogP) is 3.97. The number of nitrogens with zero attached hydrogens (tertiary/aromatic N) is 3. The highest BCUT2D eigenvalue weighted by atomic mass is 15.2. The van der Waals surface area contributed by atoms with Gasteiger partial charge in [-0.3, -0.25) is 4.90 Å².